The molecule has 2 rings (SSSR count). The van der Waals surface area contributed by atoms with Crippen LogP contribution in [-0.4, -0.2) is 32.8 Å². The fraction of sp³-hybridized carbons (Fsp3) is 1.00. The number of nitrogens with two attached hydrogens (primary N) is 1. The van der Waals surface area contributed by atoms with Gasteiger partial charge in [0.2, 0.25) is 0 Å². The van der Waals surface area contributed by atoms with E-state index in [1.54, 1.807) is 0 Å². The Balaban J connectivity index is 2.19. The van der Waals surface area contributed by atoms with Crippen LogP contribution in [0.25, 0.3) is 0 Å². The van der Waals surface area contributed by atoms with Crippen molar-refractivity contribution in [2.24, 2.45) is 5.84 Å². The van der Waals surface area contributed by atoms with Crippen molar-refractivity contribution in [3.05, 3.63) is 0 Å². The van der Waals surface area contributed by atoms with Crippen LogP contribution in [0, 0.1) is 0 Å². The Kier molecular flexibility index (Phi) is 1.15. The van der Waals surface area contributed by atoms with Crippen LogP contribution in [0.5, 0.6) is 0 Å². The van der Waals surface area contributed by atoms with Gasteiger partial charge < -0.3 is 0 Å². The Morgan fingerprint density at radius 3 is 2.78 bits per heavy atom. The van der Waals surface area contributed by atoms with Gasteiger partial charge in [0.15, 0.2) is 0 Å². The average molecular weight is 146 g/mol. The van der Waals surface area contributed by atoms with Gasteiger partial charge in [-0.05, 0) is 6.42 Å². The standard InChI is InChI=1S/C5H10N2OS/c6-7-2-5-1-4(7)3-9(5)8/h4-5H,1-3,6H2/t4-,5-,9-/m0/s1. The van der Waals surface area contributed by atoms with Gasteiger partial charge in [0.1, 0.15) is 0 Å². The van der Waals surface area contributed by atoms with Crippen LogP contribution in [0.4, 0.5) is 0 Å². The highest BCUT2D eigenvalue weighted by Crippen LogP contribution is 2.27. The highest BCUT2D eigenvalue weighted by Gasteiger charge is 2.41. The molecule has 0 aromatic heterocycles. The maximum Gasteiger partial charge on any atom is 0.0505 e. The fourth-order valence-electron chi connectivity index (χ4n) is 1.58. The smallest absolute Gasteiger partial charge is 0.0505 e. The number of hydrazine groups is 1. The number of nitrogens with zero attached hydrogens (tertiary/aromatic N) is 1. The predicted octanol–water partition coefficient (Wildman–Crippen LogP) is -0.935. The summed E-state index contributed by atoms with van der Waals surface area (Å²) < 4.78 is 11.0. The predicted molar refractivity (Wildman–Crippen MR) is 36.1 cm³/mol. The van der Waals surface area contributed by atoms with E-state index in [4.69, 9.17) is 5.84 Å². The van der Waals surface area contributed by atoms with E-state index in [0.717, 1.165) is 18.7 Å². The molecule has 0 saturated carbocycles. The van der Waals surface area contributed by atoms with Gasteiger partial charge in [-0.1, -0.05) is 0 Å². The molecule has 2 N–H and O–H groups in total. The molecule has 4 heteroatoms. The van der Waals surface area contributed by atoms with E-state index in [9.17, 15) is 4.21 Å². The Hall–Kier alpha value is 0.0700. The van der Waals surface area contributed by atoms with Crippen molar-refractivity contribution in [2.75, 3.05) is 12.3 Å². The monoisotopic (exact) mass is 146 g/mol. The molecule has 0 aromatic carbocycles. The SMILES string of the molecule is NN1C[C@@H]2C[C@H]1C[S@@]2=O. The summed E-state index contributed by atoms with van der Waals surface area (Å²) in [7, 11) is -0.553. The maximum absolute atomic E-state index is 11.0. The third-order valence-electron chi connectivity index (χ3n) is 2.15. The summed E-state index contributed by atoms with van der Waals surface area (Å²) in [5, 5.41) is 2.21. The molecular formula is C5H10N2OS. The molecule has 3 atom stereocenters. The molecule has 0 aromatic rings. The number of hydrogen-bond donors (Lipinski definition) is 1. The summed E-state index contributed by atoms with van der Waals surface area (Å²) in [6, 6.07) is 0.427. The molecule has 9 heavy (non-hydrogen) atoms. The maximum atomic E-state index is 11.0. The number of fused-ring (bicyclic) bond motifs is 2. The molecule has 2 aliphatic rings. The van der Waals surface area contributed by atoms with Gasteiger partial charge in [-0.2, -0.15) is 0 Å². The second-order valence-corrected chi connectivity index (χ2v) is 4.52. The molecule has 0 amide bonds. The van der Waals surface area contributed by atoms with Crippen molar-refractivity contribution in [1.29, 1.82) is 0 Å². The Bertz CT molecular complexity index is 159. The first-order valence-electron chi connectivity index (χ1n) is 3.16. The summed E-state index contributed by atoms with van der Waals surface area (Å²) in [4.78, 5) is 0. The van der Waals surface area contributed by atoms with Gasteiger partial charge in [-0.25, -0.2) is 5.01 Å². The minimum atomic E-state index is -0.553. The Morgan fingerprint density at radius 1 is 1.67 bits per heavy atom. The highest BCUT2D eigenvalue weighted by atomic mass is 32.2. The van der Waals surface area contributed by atoms with Gasteiger partial charge >= 0.3 is 0 Å². The second kappa shape index (κ2) is 1.78. The second-order valence-electron chi connectivity index (χ2n) is 2.76. The van der Waals surface area contributed by atoms with E-state index < -0.39 is 10.8 Å². The van der Waals surface area contributed by atoms with Crippen molar-refractivity contribution >= 4 is 10.8 Å². The average Bonchev–Trinajstić information content (AvgIpc) is 2.24. The van der Waals surface area contributed by atoms with E-state index in [1.807, 2.05) is 5.01 Å². The van der Waals surface area contributed by atoms with Crippen LogP contribution < -0.4 is 5.84 Å². The topological polar surface area (TPSA) is 46.3 Å². The van der Waals surface area contributed by atoms with E-state index in [-0.39, 0.29) is 0 Å². The van der Waals surface area contributed by atoms with E-state index in [2.05, 4.69) is 0 Å². The van der Waals surface area contributed by atoms with E-state index in [0.29, 0.717) is 11.3 Å². The van der Waals surface area contributed by atoms with Crippen molar-refractivity contribution in [3.8, 4) is 0 Å². The summed E-state index contributed by atoms with van der Waals surface area (Å²) in [6.45, 7) is 0.845. The molecule has 0 radical (unpaired) electrons. The molecular weight excluding hydrogens is 136 g/mol. The van der Waals surface area contributed by atoms with Crippen molar-refractivity contribution in [3.63, 3.8) is 0 Å². The lowest BCUT2D eigenvalue weighted by molar-refractivity contribution is 0.277. The van der Waals surface area contributed by atoms with Crippen LogP contribution in [0.1, 0.15) is 6.42 Å². The van der Waals surface area contributed by atoms with Crippen LogP contribution in [-0.2, 0) is 10.8 Å². The van der Waals surface area contributed by atoms with Crippen LogP contribution >= 0.6 is 0 Å². The van der Waals surface area contributed by atoms with Gasteiger partial charge in [-0.15, -0.1) is 0 Å². The van der Waals surface area contributed by atoms with Crippen molar-refractivity contribution in [1.82, 2.24) is 5.01 Å². The van der Waals surface area contributed by atoms with Crippen molar-refractivity contribution in [2.45, 2.75) is 17.7 Å². The molecule has 2 heterocycles. The Morgan fingerprint density at radius 2 is 2.44 bits per heavy atom. The third-order valence-corrected chi connectivity index (χ3v) is 3.95. The molecule has 3 nitrogen and oxygen atoms in total. The van der Waals surface area contributed by atoms with Crippen LogP contribution in [0.15, 0.2) is 0 Å². The van der Waals surface area contributed by atoms with Gasteiger partial charge in [0, 0.05) is 29.1 Å². The molecule has 2 saturated heterocycles. The summed E-state index contributed by atoms with van der Waals surface area (Å²) in [5.74, 6) is 6.39. The summed E-state index contributed by atoms with van der Waals surface area (Å²) in [5.41, 5.74) is 0. The molecule has 2 bridgehead atoms. The molecule has 0 spiro atoms. The lowest BCUT2D eigenvalue weighted by Gasteiger charge is -2.19. The minimum absolute atomic E-state index is 0.389. The minimum Gasteiger partial charge on any atom is -0.268 e. The molecule has 52 valence electrons. The molecule has 2 fully saturated rings. The van der Waals surface area contributed by atoms with Crippen LogP contribution in [0.2, 0.25) is 0 Å². The zero-order valence-corrected chi connectivity index (χ0v) is 5.93. The number of hydrogen-bond acceptors (Lipinski definition) is 3. The van der Waals surface area contributed by atoms with Crippen LogP contribution in [0.3, 0.4) is 0 Å². The molecule has 0 aliphatic carbocycles. The first-order chi connectivity index (χ1) is 4.27. The molecule has 2 aliphatic heterocycles. The normalized spacial score (nSPS) is 50.6. The summed E-state index contributed by atoms with van der Waals surface area (Å²) in [6.07, 6.45) is 1.06. The van der Waals surface area contributed by atoms with E-state index in [1.165, 1.54) is 0 Å². The lowest BCUT2D eigenvalue weighted by Crippen LogP contribution is -2.42. The highest BCUT2D eigenvalue weighted by molar-refractivity contribution is 7.86. The summed E-state index contributed by atoms with van der Waals surface area (Å²) >= 11 is 0. The third kappa shape index (κ3) is 0.738. The van der Waals surface area contributed by atoms with E-state index >= 15 is 0 Å². The lowest BCUT2D eigenvalue weighted by atomic mass is 10.3. The quantitative estimate of drug-likeness (QED) is 0.449. The zero-order chi connectivity index (χ0) is 6.43. The van der Waals surface area contributed by atoms with Gasteiger partial charge in [-0.3, -0.25) is 10.1 Å². The van der Waals surface area contributed by atoms with Gasteiger partial charge in [0.25, 0.3) is 0 Å². The Labute approximate surface area is 56.6 Å². The first-order valence-corrected chi connectivity index (χ1v) is 4.54. The number of rotatable bonds is 0. The largest absolute Gasteiger partial charge is 0.268 e. The fourth-order valence-corrected chi connectivity index (χ4v) is 3.33. The van der Waals surface area contributed by atoms with Gasteiger partial charge in [0.05, 0.1) is 5.25 Å². The first kappa shape index (κ1) is 5.82. The zero-order valence-electron chi connectivity index (χ0n) is 5.12. The van der Waals surface area contributed by atoms with Crippen molar-refractivity contribution < 1.29 is 4.21 Å². The molecule has 0 unspecified atom stereocenters.